The molecule has 0 fully saturated rings. The van der Waals surface area contributed by atoms with Gasteiger partial charge in [-0.1, -0.05) is 304 Å². The zero-order valence-electron chi connectivity index (χ0n) is 47.2. The molecule has 3 N–H and O–H groups in total. The molecule has 4 heteroatoms. The topological polar surface area (TPSA) is 69.6 Å². The predicted molar refractivity (Wildman–Crippen MR) is 317 cm³/mol. The Bertz CT molecular complexity index is 1300. The third-order valence-electron chi connectivity index (χ3n) is 13.8. The lowest BCUT2D eigenvalue weighted by Crippen LogP contribution is -2.45. The van der Waals surface area contributed by atoms with Crippen LogP contribution in [-0.4, -0.2) is 34.9 Å². The minimum absolute atomic E-state index is 0.0755. The number of carbonyl (C=O) groups excluding carboxylic acids is 1. The number of hydrogen-bond donors (Lipinski definition) is 3. The van der Waals surface area contributed by atoms with Crippen LogP contribution in [0.2, 0.25) is 0 Å². The zero-order chi connectivity index (χ0) is 51.3. The standard InChI is InChI=1S/C67H119NO3/c1-3-5-7-9-11-13-15-17-19-21-23-25-26-27-28-29-30-31-32-33-34-35-36-37-38-39-40-41-42-43-45-47-49-51-53-55-57-59-61-63-67(71)68-65(64-69)66(70)62-60-58-56-54-52-50-48-46-44-24-22-20-18-16-14-12-10-8-6-4-2/h5,7,11,13,17,19,23,25,27-28,44,46,52,54,60,62,65-66,69-70H,3-4,6,8-10,12,14-16,18,20-22,24,26,29-43,45,47-51,53,55-59,61,63-64H2,1-2H3,(H,68,71)/b7-5-,13-11-,19-17-,25-23-,28-27-,46-44+,54-52+,62-60+. The van der Waals surface area contributed by atoms with Gasteiger partial charge in [-0.2, -0.15) is 0 Å². The van der Waals surface area contributed by atoms with Crippen LogP contribution in [0, 0.1) is 0 Å². The highest BCUT2D eigenvalue weighted by molar-refractivity contribution is 5.76. The van der Waals surface area contributed by atoms with Crippen LogP contribution >= 0.6 is 0 Å². The monoisotopic (exact) mass is 986 g/mol. The molecule has 0 aromatic rings. The van der Waals surface area contributed by atoms with Gasteiger partial charge in [0.1, 0.15) is 0 Å². The quantitative estimate of drug-likeness (QED) is 0.0420. The van der Waals surface area contributed by atoms with Crippen LogP contribution in [0.3, 0.4) is 0 Å². The van der Waals surface area contributed by atoms with E-state index in [-0.39, 0.29) is 12.5 Å². The van der Waals surface area contributed by atoms with Gasteiger partial charge in [-0.25, -0.2) is 0 Å². The first-order valence-electron chi connectivity index (χ1n) is 31.0. The van der Waals surface area contributed by atoms with E-state index in [2.05, 4.69) is 104 Å². The summed E-state index contributed by atoms with van der Waals surface area (Å²) in [5.41, 5.74) is 0. The maximum atomic E-state index is 12.5. The van der Waals surface area contributed by atoms with Crippen molar-refractivity contribution in [3.05, 3.63) is 97.2 Å². The third-order valence-corrected chi connectivity index (χ3v) is 13.8. The van der Waals surface area contributed by atoms with Gasteiger partial charge in [-0.15, -0.1) is 0 Å². The lowest BCUT2D eigenvalue weighted by atomic mass is 10.0. The molecule has 0 saturated heterocycles. The lowest BCUT2D eigenvalue weighted by molar-refractivity contribution is -0.123. The molecule has 0 bridgehead atoms. The molecule has 0 aliphatic rings. The van der Waals surface area contributed by atoms with Crippen LogP contribution in [0.4, 0.5) is 0 Å². The van der Waals surface area contributed by atoms with Crippen LogP contribution < -0.4 is 5.32 Å². The van der Waals surface area contributed by atoms with Crippen LogP contribution in [0.15, 0.2) is 97.2 Å². The first kappa shape index (κ1) is 68.3. The van der Waals surface area contributed by atoms with E-state index in [1.165, 1.54) is 212 Å². The molecule has 2 unspecified atom stereocenters. The summed E-state index contributed by atoms with van der Waals surface area (Å²) >= 11 is 0. The Kier molecular flexibility index (Phi) is 59.3. The molecule has 0 aromatic heterocycles. The summed E-state index contributed by atoms with van der Waals surface area (Å²) < 4.78 is 0. The molecular weight excluding hydrogens is 867 g/mol. The summed E-state index contributed by atoms with van der Waals surface area (Å²) in [6.45, 7) is 4.19. The second-order valence-electron chi connectivity index (χ2n) is 20.7. The number of aliphatic hydroxyl groups is 2. The number of rotatable bonds is 56. The van der Waals surface area contributed by atoms with Crippen molar-refractivity contribution in [1.29, 1.82) is 0 Å². The van der Waals surface area contributed by atoms with Crippen molar-refractivity contribution in [3.8, 4) is 0 Å². The Hall–Kier alpha value is -2.69. The van der Waals surface area contributed by atoms with Crippen LogP contribution in [0.5, 0.6) is 0 Å². The Morgan fingerprint density at radius 3 is 0.986 bits per heavy atom. The van der Waals surface area contributed by atoms with E-state index in [1.807, 2.05) is 6.08 Å². The number of allylic oxidation sites excluding steroid dienone is 15. The second-order valence-corrected chi connectivity index (χ2v) is 20.7. The fraction of sp³-hybridized carbons (Fsp3) is 0.746. The molecule has 0 saturated carbocycles. The van der Waals surface area contributed by atoms with E-state index in [4.69, 9.17) is 0 Å². The smallest absolute Gasteiger partial charge is 0.220 e. The van der Waals surface area contributed by atoms with Crippen molar-refractivity contribution in [2.24, 2.45) is 0 Å². The summed E-state index contributed by atoms with van der Waals surface area (Å²) in [7, 11) is 0. The minimum atomic E-state index is -0.873. The molecule has 0 aliphatic heterocycles. The zero-order valence-corrected chi connectivity index (χ0v) is 47.2. The Labute approximate surface area is 443 Å². The highest BCUT2D eigenvalue weighted by Crippen LogP contribution is 2.17. The average Bonchev–Trinajstić information content (AvgIpc) is 3.37. The van der Waals surface area contributed by atoms with E-state index < -0.39 is 12.1 Å². The fourth-order valence-corrected chi connectivity index (χ4v) is 9.12. The van der Waals surface area contributed by atoms with Crippen LogP contribution in [-0.2, 0) is 4.79 Å². The summed E-state index contributed by atoms with van der Waals surface area (Å²) in [4.78, 5) is 12.5. The number of unbranched alkanes of at least 4 members (excludes halogenated alkanes) is 35. The molecule has 0 aromatic carbocycles. The van der Waals surface area contributed by atoms with Crippen molar-refractivity contribution in [1.82, 2.24) is 5.32 Å². The van der Waals surface area contributed by atoms with Gasteiger partial charge in [0.15, 0.2) is 0 Å². The van der Waals surface area contributed by atoms with Crippen LogP contribution in [0.25, 0.3) is 0 Å². The SMILES string of the molecule is CC/C=C\C/C=C\C/C=C\C/C=C\C/C=C\CCCCCCCCCCCCCCCCCCCCCCCCCC(=O)NC(CO)C(O)/C=C/CC/C=C/CC/C=C/CCCCCCCCCCCC. The number of amides is 1. The fourth-order valence-electron chi connectivity index (χ4n) is 9.12. The highest BCUT2D eigenvalue weighted by atomic mass is 16.3. The first-order valence-corrected chi connectivity index (χ1v) is 31.0. The van der Waals surface area contributed by atoms with Gasteiger partial charge in [-0.05, 0) is 89.9 Å². The van der Waals surface area contributed by atoms with E-state index >= 15 is 0 Å². The number of aliphatic hydroxyl groups excluding tert-OH is 2. The van der Waals surface area contributed by atoms with E-state index in [1.54, 1.807) is 6.08 Å². The molecule has 71 heavy (non-hydrogen) atoms. The molecule has 0 heterocycles. The van der Waals surface area contributed by atoms with Gasteiger partial charge in [0, 0.05) is 6.42 Å². The molecule has 0 radical (unpaired) electrons. The van der Waals surface area contributed by atoms with Crippen molar-refractivity contribution in [2.75, 3.05) is 6.61 Å². The average molecular weight is 987 g/mol. The summed E-state index contributed by atoms with van der Waals surface area (Å²) in [6.07, 6.45) is 91.7. The van der Waals surface area contributed by atoms with Crippen molar-refractivity contribution >= 4 is 5.91 Å². The largest absolute Gasteiger partial charge is 0.394 e. The molecule has 1 amide bonds. The van der Waals surface area contributed by atoms with Crippen molar-refractivity contribution in [2.45, 2.75) is 315 Å². The molecule has 0 aliphatic carbocycles. The summed E-state index contributed by atoms with van der Waals surface area (Å²) in [5.74, 6) is -0.0755. The Balaban J connectivity index is 3.48. The summed E-state index contributed by atoms with van der Waals surface area (Å²) in [5, 5.41) is 23.2. The van der Waals surface area contributed by atoms with Gasteiger partial charge in [0.25, 0.3) is 0 Å². The number of carbonyl (C=O) groups is 1. The molecule has 2 atom stereocenters. The van der Waals surface area contributed by atoms with E-state index in [0.717, 1.165) is 70.6 Å². The molecule has 4 nitrogen and oxygen atoms in total. The first-order chi connectivity index (χ1) is 35.2. The van der Waals surface area contributed by atoms with Crippen LogP contribution in [0.1, 0.15) is 303 Å². The molecule has 0 spiro atoms. The van der Waals surface area contributed by atoms with Gasteiger partial charge in [-0.3, -0.25) is 4.79 Å². The second kappa shape index (κ2) is 61.6. The summed E-state index contributed by atoms with van der Waals surface area (Å²) in [6, 6.07) is -0.649. The predicted octanol–water partition coefficient (Wildman–Crippen LogP) is 20.9. The van der Waals surface area contributed by atoms with E-state index in [9.17, 15) is 15.0 Å². The van der Waals surface area contributed by atoms with Gasteiger partial charge in [0.05, 0.1) is 18.8 Å². The molecule has 0 rings (SSSR count). The molecule has 410 valence electrons. The van der Waals surface area contributed by atoms with Gasteiger partial charge >= 0.3 is 0 Å². The Morgan fingerprint density at radius 1 is 0.352 bits per heavy atom. The van der Waals surface area contributed by atoms with Crippen molar-refractivity contribution < 1.29 is 15.0 Å². The normalized spacial score (nSPS) is 13.5. The Morgan fingerprint density at radius 2 is 0.634 bits per heavy atom. The number of nitrogens with one attached hydrogen (secondary N) is 1. The maximum absolute atomic E-state index is 12.5. The highest BCUT2D eigenvalue weighted by Gasteiger charge is 2.18. The van der Waals surface area contributed by atoms with Gasteiger partial charge in [0.2, 0.25) is 5.91 Å². The third kappa shape index (κ3) is 58.1. The minimum Gasteiger partial charge on any atom is -0.394 e. The molecular formula is C67H119NO3. The van der Waals surface area contributed by atoms with E-state index in [0.29, 0.717) is 6.42 Å². The number of hydrogen-bond acceptors (Lipinski definition) is 3. The maximum Gasteiger partial charge on any atom is 0.220 e. The van der Waals surface area contributed by atoms with Gasteiger partial charge < -0.3 is 15.5 Å². The van der Waals surface area contributed by atoms with Crippen molar-refractivity contribution in [3.63, 3.8) is 0 Å². The lowest BCUT2D eigenvalue weighted by Gasteiger charge is -2.19.